The first-order valence-corrected chi connectivity index (χ1v) is 8.22. The number of nitrogen functional groups attached to an aromatic ring is 1. The molecule has 0 bridgehead atoms. The van der Waals surface area contributed by atoms with Gasteiger partial charge in [0.1, 0.15) is 0 Å². The number of hydrogen-bond acceptors (Lipinski definition) is 3. The Morgan fingerprint density at radius 2 is 2.14 bits per heavy atom. The predicted molar refractivity (Wildman–Crippen MR) is 90.2 cm³/mol. The summed E-state index contributed by atoms with van der Waals surface area (Å²) in [7, 11) is 1.92. The third-order valence-electron chi connectivity index (χ3n) is 3.67. The molecule has 1 aromatic carbocycles. The van der Waals surface area contributed by atoms with Gasteiger partial charge in [-0.2, -0.15) is 5.10 Å². The van der Waals surface area contributed by atoms with Crippen LogP contribution in [0.5, 0.6) is 0 Å². The molecule has 0 aliphatic heterocycles. The topological polar surface area (TPSA) is 48.8 Å². The van der Waals surface area contributed by atoms with Gasteiger partial charge in [0, 0.05) is 29.2 Å². The maximum absolute atomic E-state index is 6.35. The third kappa shape index (κ3) is 2.40. The second-order valence-corrected chi connectivity index (χ2v) is 6.30. The van der Waals surface area contributed by atoms with Gasteiger partial charge in [-0.1, -0.05) is 11.6 Å². The van der Waals surface area contributed by atoms with Gasteiger partial charge < -0.3 is 10.3 Å². The Labute approximate surface area is 132 Å². The highest BCUT2D eigenvalue weighted by atomic mass is 35.5. The molecule has 2 N–H and O–H groups in total. The normalized spacial score (nSPS) is 11.4. The largest absolute Gasteiger partial charge is 0.399 e. The van der Waals surface area contributed by atoms with Gasteiger partial charge in [0.2, 0.25) is 0 Å². The summed E-state index contributed by atoms with van der Waals surface area (Å²) < 4.78 is 4.00. The molecular formula is C15H17ClN4S. The summed E-state index contributed by atoms with van der Waals surface area (Å²) in [5.41, 5.74) is 9.77. The van der Waals surface area contributed by atoms with Crippen molar-refractivity contribution < 1.29 is 0 Å². The quantitative estimate of drug-likeness (QED) is 0.591. The van der Waals surface area contributed by atoms with Crippen LogP contribution in [0.3, 0.4) is 0 Å². The minimum absolute atomic E-state index is 0.678. The molecule has 0 amide bonds. The number of benzene rings is 1. The van der Waals surface area contributed by atoms with E-state index in [0.717, 1.165) is 27.6 Å². The number of nitrogens with zero attached hydrogens (tertiary/aromatic N) is 3. The zero-order valence-corrected chi connectivity index (χ0v) is 13.8. The maximum Gasteiger partial charge on any atom is 0.0865 e. The van der Waals surface area contributed by atoms with Crippen LogP contribution in [0.15, 0.2) is 29.3 Å². The molecule has 0 unspecified atom stereocenters. The molecule has 0 fully saturated rings. The summed E-state index contributed by atoms with van der Waals surface area (Å²) in [5, 5.41) is 6.31. The summed E-state index contributed by atoms with van der Waals surface area (Å²) in [4.78, 5) is 1.19. The summed E-state index contributed by atoms with van der Waals surface area (Å²) in [6, 6.07) is 6.14. The van der Waals surface area contributed by atoms with Crippen molar-refractivity contribution in [1.82, 2.24) is 14.3 Å². The van der Waals surface area contributed by atoms with E-state index >= 15 is 0 Å². The molecule has 3 aromatic rings. The van der Waals surface area contributed by atoms with Gasteiger partial charge in [-0.25, -0.2) is 0 Å². The first-order chi connectivity index (χ1) is 10.0. The van der Waals surface area contributed by atoms with E-state index < -0.39 is 0 Å². The molecule has 0 aliphatic carbocycles. The molecule has 0 spiro atoms. The Kier molecular flexibility index (Phi) is 3.63. The molecule has 0 saturated heterocycles. The van der Waals surface area contributed by atoms with Crippen molar-refractivity contribution in [2.45, 2.75) is 18.4 Å². The van der Waals surface area contributed by atoms with Crippen molar-refractivity contribution in [3.05, 3.63) is 40.8 Å². The monoisotopic (exact) mass is 320 g/mol. The number of aromatic nitrogens is 3. The van der Waals surface area contributed by atoms with Crippen LogP contribution in [0.25, 0.3) is 10.9 Å². The summed E-state index contributed by atoms with van der Waals surface area (Å²) in [5.74, 6) is 0. The van der Waals surface area contributed by atoms with Crippen molar-refractivity contribution in [2.24, 2.45) is 7.05 Å². The average Bonchev–Trinajstić information content (AvgIpc) is 2.95. The molecule has 6 heteroatoms. The zero-order valence-electron chi connectivity index (χ0n) is 12.2. The molecule has 0 aliphatic rings. The summed E-state index contributed by atoms with van der Waals surface area (Å²) in [6.45, 7) is 2.60. The second-order valence-electron chi connectivity index (χ2n) is 5.07. The van der Waals surface area contributed by atoms with Crippen molar-refractivity contribution in [1.29, 1.82) is 0 Å². The SMILES string of the molecule is CSc1cc(N)cc2c1ccn2Cc1c(Cl)c(C)nn1C. The number of anilines is 1. The molecule has 21 heavy (non-hydrogen) atoms. The van der Waals surface area contributed by atoms with Gasteiger partial charge >= 0.3 is 0 Å². The molecule has 4 nitrogen and oxygen atoms in total. The number of thioether (sulfide) groups is 1. The number of halogens is 1. The first kappa shape index (κ1) is 14.4. The predicted octanol–water partition coefficient (Wildman–Crippen LogP) is 3.69. The van der Waals surface area contributed by atoms with Gasteiger partial charge in [-0.05, 0) is 31.4 Å². The van der Waals surface area contributed by atoms with Crippen molar-refractivity contribution in [3.8, 4) is 0 Å². The lowest BCUT2D eigenvalue weighted by Gasteiger charge is -2.09. The fourth-order valence-corrected chi connectivity index (χ4v) is 3.47. The molecule has 0 radical (unpaired) electrons. The lowest BCUT2D eigenvalue weighted by Crippen LogP contribution is -2.05. The average molecular weight is 321 g/mol. The van der Waals surface area contributed by atoms with Crippen LogP contribution in [0.2, 0.25) is 5.02 Å². The van der Waals surface area contributed by atoms with Crippen LogP contribution in [0.4, 0.5) is 5.69 Å². The minimum atomic E-state index is 0.678. The summed E-state index contributed by atoms with van der Waals surface area (Å²) >= 11 is 8.05. The summed E-state index contributed by atoms with van der Waals surface area (Å²) in [6.07, 6.45) is 4.13. The van der Waals surface area contributed by atoms with E-state index in [0.29, 0.717) is 6.54 Å². The highest BCUT2D eigenvalue weighted by molar-refractivity contribution is 7.98. The lowest BCUT2D eigenvalue weighted by molar-refractivity contribution is 0.673. The Morgan fingerprint density at radius 3 is 2.76 bits per heavy atom. The molecular weight excluding hydrogens is 304 g/mol. The van der Waals surface area contributed by atoms with Gasteiger partial charge in [0.15, 0.2) is 0 Å². The van der Waals surface area contributed by atoms with Gasteiger partial charge in [-0.3, -0.25) is 4.68 Å². The standard InChI is InChI=1S/C15H17ClN4S/c1-9-15(16)13(19(2)18-9)8-20-5-4-11-12(20)6-10(17)7-14(11)21-3/h4-7H,8,17H2,1-3H3. The highest BCUT2D eigenvalue weighted by Gasteiger charge is 2.13. The molecule has 2 aromatic heterocycles. The van der Waals surface area contributed by atoms with Crippen molar-refractivity contribution in [2.75, 3.05) is 12.0 Å². The van der Waals surface area contributed by atoms with E-state index in [1.807, 2.05) is 30.8 Å². The Hall–Kier alpha value is -1.59. The second kappa shape index (κ2) is 5.31. The van der Waals surface area contributed by atoms with E-state index in [2.05, 4.69) is 28.2 Å². The number of hydrogen-bond donors (Lipinski definition) is 1. The highest BCUT2D eigenvalue weighted by Crippen LogP contribution is 2.31. The number of rotatable bonds is 3. The van der Waals surface area contributed by atoms with E-state index in [-0.39, 0.29) is 0 Å². The van der Waals surface area contributed by atoms with E-state index in [1.54, 1.807) is 11.8 Å². The van der Waals surface area contributed by atoms with Crippen LogP contribution in [0.1, 0.15) is 11.4 Å². The molecule has 0 atom stereocenters. The van der Waals surface area contributed by atoms with E-state index in [9.17, 15) is 0 Å². The Bertz CT molecular complexity index is 819. The number of nitrogens with two attached hydrogens (primary N) is 1. The third-order valence-corrected chi connectivity index (χ3v) is 4.94. The van der Waals surface area contributed by atoms with Gasteiger partial charge in [-0.15, -0.1) is 11.8 Å². The van der Waals surface area contributed by atoms with E-state index in [1.165, 1.54) is 10.3 Å². The zero-order chi connectivity index (χ0) is 15.1. The van der Waals surface area contributed by atoms with Crippen molar-refractivity contribution in [3.63, 3.8) is 0 Å². The van der Waals surface area contributed by atoms with Crippen LogP contribution in [0, 0.1) is 6.92 Å². The van der Waals surface area contributed by atoms with E-state index in [4.69, 9.17) is 17.3 Å². The number of fused-ring (bicyclic) bond motifs is 1. The van der Waals surface area contributed by atoms with Crippen LogP contribution in [-0.2, 0) is 13.6 Å². The molecule has 3 rings (SSSR count). The Morgan fingerprint density at radius 1 is 1.38 bits per heavy atom. The lowest BCUT2D eigenvalue weighted by atomic mass is 10.2. The fourth-order valence-electron chi connectivity index (χ4n) is 2.60. The van der Waals surface area contributed by atoms with Gasteiger partial charge in [0.25, 0.3) is 0 Å². The maximum atomic E-state index is 6.35. The van der Waals surface area contributed by atoms with Crippen LogP contribution in [-0.4, -0.2) is 20.6 Å². The first-order valence-electron chi connectivity index (χ1n) is 6.61. The fraction of sp³-hybridized carbons (Fsp3) is 0.267. The number of aryl methyl sites for hydroxylation is 2. The minimum Gasteiger partial charge on any atom is -0.399 e. The van der Waals surface area contributed by atoms with Gasteiger partial charge in [0.05, 0.1) is 28.5 Å². The molecule has 2 heterocycles. The van der Waals surface area contributed by atoms with Crippen molar-refractivity contribution >= 4 is 40.0 Å². The molecule has 0 saturated carbocycles. The Balaban J connectivity index is 2.11. The smallest absolute Gasteiger partial charge is 0.0865 e. The van der Waals surface area contributed by atoms with Crippen LogP contribution >= 0.6 is 23.4 Å². The van der Waals surface area contributed by atoms with Crippen LogP contribution < -0.4 is 5.73 Å². The molecule has 110 valence electrons.